The summed E-state index contributed by atoms with van der Waals surface area (Å²) < 4.78 is 19.5. The van der Waals surface area contributed by atoms with E-state index in [0.717, 1.165) is 38.6 Å². The number of aryl methyl sites for hydroxylation is 1. The van der Waals surface area contributed by atoms with Crippen molar-refractivity contribution in [2.24, 2.45) is 0 Å². The lowest BCUT2D eigenvalue weighted by molar-refractivity contribution is -0.697. The highest BCUT2D eigenvalue weighted by Crippen LogP contribution is 2.29. The Morgan fingerprint density at radius 3 is 2.47 bits per heavy atom. The standard InChI is InChI=1S/C25H42NO4/c1-3-4-5-6-7-8-12-17-25(2)29-22-23(30-25)21-28-24(27)16-11-9-13-18-26-19-14-10-15-20-26/h10,14-15,19-20,23H,3-9,11-13,16-18,21-22H2,1-2H3/q+1. The normalized spacial score (nSPS) is 21.1. The van der Waals surface area contributed by atoms with Crippen molar-refractivity contribution in [3.05, 3.63) is 30.6 Å². The number of unbranched alkanes of at least 4 members (excludes halogenated alkanes) is 8. The average Bonchev–Trinajstić information content (AvgIpc) is 3.13. The first-order valence-electron chi connectivity index (χ1n) is 12.0. The topological polar surface area (TPSA) is 48.6 Å². The highest BCUT2D eigenvalue weighted by molar-refractivity contribution is 5.69. The van der Waals surface area contributed by atoms with E-state index in [1.165, 1.54) is 38.5 Å². The Labute approximate surface area is 183 Å². The van der Waals surface area contributed by atoms with Crippen LogP contribution in [0.25, 0.3) is 0 Å². The number of aromatic nitrogens is 1. The van der Waals surface area contributed by atoms with Gasteiger partial charge in [-0.2, -0.15) is 0 Å². The minimum atomic E-state index is -0.518. The molecule has 0 radical (unpaired) electrons. The van der Waals surface area contributed by atoms with E-state index in [4.69, 9.17) is 14.2 Å². The number of nitrogens with zero attached hydrogens (tertiary/aromatic N) is 1. The van der Waals surface area contributed by atoms with Crippen LogP contribution >= 0.6 is 0 Å². The second-order valence-electron chi connectivity index (χ2n) is 8.66. The molecule has 2 unspecified atom stereocenters. The molecule has 2 rings (SSSR count). The Kier molecular flexibility index (Phi) is 12.0. The number of hydrogen-bond donors (Lipinski definition) is 0. The molecule has 1 aliphatic heterocycles. The molecule has 0 amide bonds. The minimum Gasteiger partial charge on any atom is -0.463 e. The number of carbonyl (C=O) groups is 1. The second kappa shape index (κ2) is 14.5. The van der Waals surface area contributed by atoms with Crippen LogP contribution in [0, 0.1) is 0 Å². The Balaban J connectivity index is 1.47. The smallest absolute Gasteiger partial charge is 0.305 e. The summed E-state index contributed by atoms with van der Waals surface area (Å²) in [6.07, 6.45) is 17.3. The van der Waals surface area contributed by atoms with Crippen molar-refractivity contribution in [3.63, 3.8) is 0 Å². The van der Waals surface area contributed by atoms with Crippen molar-refractivity contribution in [1.29, 1.82) is 0 Å². The molecule has 5 heteroatoms. The summed E-state index contributed by atoms with van der Waals surface area (Å²) >= 11 is 0. The highest BCUT2D eigenvalue weighted by Gasteiger charge is 2.37. The third-order valence-corrected chi connectivity index (χ3v) is 5.73. The first-order chi connectivity index (χ1) is 14.6. The van der Waals surface area contributed by atoms with Crippen LogP contribution in [0.4, 0.5) is 0 Å². The van der Waals surface area contributed by atoms with Gasteiger partial charge in [0.1, 0.15) is 19.3 Å². The van der Waals surface area contributed by atoms with E-state index < -0.39 is 5.79 Å². The maximum atomic E-state index is 12.0. The summed E-state index contributed by atoms with van der Waals surface area (Å²) in [6.45, 7) is 6.05. The van der Waals surface area contributed by atoms with Gasteiger partial charge in [-0.05, 0) is 26.2 Å². The molecule has 5 nitrogen and oxygen atoms in total. The number of hydrogen-bond acceptors (Lipinski definition) is 4. The fraction of sp³-hybridized carbons (Fsp3) is 0.760. The molecule has 1 saturated heterocycles. The molecule has 1 fully saturated rings. The van der Waals surface area contributed by atoms with Crippen LogP contribution in [0.15, 0.2) is 30.6 Å². The Bertz CT molecular complexity index is 580. The summed E-state index contributed by atoms with van der Waals surface area (Å²) in [6, 6.07) is 6.08. The summed E-state index contributed by atoms with van der Waals surface area (Å²) in [7, 11) is 0. The third-order valence-electron chi connectivity index (χ3n) is 5.73. The maximum Gasteiger partial charge on any atom is 0.305 e. The summed E-state index contributed by atoms with van der Waals surface area (Å²) in [5, 5.41) is 0. The molecule has 30 heavy (non-hydrogen) atoms. The zero-order valence-corrected chi connectivity index (χ0v) is 19.2. The van der Waals surface area contributed by atoms with Gasteiger partial charge in [0.25, 0.3) is 0 Å². The molecule has 0 aliphatic carbocycles. The monoisotopic (exact) mass is 420 g/mol. The summed E-state index contributed by atoms with van der Waals surface area (Å²) in [5.41, 5.74) is 0. The third kappa shape index (κ3) is 10.5. The number of pyridine rings is 1. The van der Waals surface area contributed by atoms with Crippen LogP contribution in [-0.4, -0.2) is 31.1 Å². The van der Waals surface area contributed by atoms with Gasteiger partial charge in [-0.25, -0.2) is 4.57 Å². The zero-order valence-electron chi connectivity index (χ0n) is 19.2. The number of esters is 1. The Morgan fingerprint density at radius 1 is 1.00 bits per heavy atom. The fourth-order valence-electron chi connectivity index (χ4n) is 3.89. The molecule has 2 atom stereocenters. The summed E-state index contributed by atoms with van der Waals surface area (Å²) in [5.74, 6) is -0.651. The fourth-order valence-corrected chi connectivity index (χ4v) is 3.89. The molecule has 0 spiro atoms. The Hall–Kier alpha value is -1.46. The van der Waals surface area contributed by atoms with Gasteiger partial charge in [0.05, 0.1) is 6.61 Å². The van der Waals surface area contributed by atoms with Gasteiger partial charge in [-0.3, -0.25) is 4.79 Å². The van der Waals surface area contributed by atoms with E-state index in [2.05, 4.69) is 23.9 Å². The van der Waals surface area contributed by atoms with Gasteiger partial charge in [0, 0.05) is 31.4 Å². The zero-order chi connectivity index (χ0) is 21.5. The quantitative estimate of drug-likeness (QED) is 0.205. The van der Waals surface area contributed by atoms with Gasteiger partial charge >= 0.3 is 5.97 Å². The van der Waals surface area contributed by atoms with Crippen molar-refractivity contribution >= 4 is 5.97 Å². The molecule has 0 aromatic carbocycles. The van der Waals surface area contributed by atoms with Crippen LogP contribution in [-0.2, 0) is 25.5 Å². The van der Waals surface area contributed by atoms with E-state index in [1.807, 2.05) is 25.1 Å². The van der Waals surface area contributed by atoms with Crippen LogP contribution < -0.4 is 4.57 Å². The lowest BCUT2D eigenvalue weighted by atomic mass is 10.1. The van der Waals surface area contributed by atoms with Crippen LogP contribution in [0.2, 0.25) is 0 Å². The molecule has 0 N–H and O–H groups in total. The van der Waals surface area contributed by atoms with E-state index in [0.29, 0.717) is 19.6 Å². The van der Waals surface area contributed by atoms with Gasteiger partial charge in [0.2, 0.25) is 0 Å². The molecule has 0 saturated carbocycles. The predicted molar refractivity (Wildman–Crippen MR) is 118 cm³/mol. The Morgan fingerprint density at radius 2 is 1.70 bits per heavy atom. The van der Waals surface area contributed by atoms with Gasteiger partial charge in [-0.15, -0.1) is 0 Å². The van der Waals surface area contributed by atoms with Crippen molar-refractivity contribution in [2.45, 2.75) is 109 Å². The van der Waals surface area contributed by atoms with Gasteiger partial charge in [-0.1, -0.05) is 51.5 Å². The SMILES string of the molecule is CCCCCCCCCC1(C)OCC(COC(=O)CCCCC[n+]2ccccc2)O1. The van der Waals surface area contributed by atoms with Crippen LogP contribution in [0.5, 0.6) is 0 Å². The largest absolute Gasteiger partial charge is 0.463 e. The number of ether oxygens (including phenoxy) is 3. The molecule has 1 aliphatic rings. The van der Waals surface area contributed by atoms with Gasteiger partial charge in [0.15, 0.2) is 18.2 Å². The van der Waals surface area contributed by atoms with E-state index in [9.17, 15) is 4.79 Å². The first-order valence-corrected chi connectivity index (χ1v) is 12.0. The van der Waals surface area contributed by atoms with Gasteiger partial charge < -0.3 is 14.2 Å². The van der Waals surface area contributed by atoms with Crippen LogP contribution in [0.1, 0.15) is 90.9 Å². The number of rotatable bonds is 16. The highest BCUT2D eigenvalue weighted by atomic mass is 16.7. The van der Waals surface area contributed by atoms with E-state index >= 15 is 0 Å². The molecule has 2 heterocycles. The van der Waals surface area contributed by atoms with E-state index in [-0.39, 0.29) is 12.1 Å². The molecular weight excluding hydrogens is 378 g/mol. The molecule has 170 valence electrons. The van der Waals surface area contributed by atoms with Crippen molar-refractivity contribution in [2.75, 3.05) is 13.2 Å². The predicted octanol–water partition coefficient (Wildman–Crippen LogP) is 5.35. The number of carbonyl (C=O) groups excluding carboxylic acids is 1. The average molecular weight is 421 g/mol. The lowest BCUT2D eigenvalue weighted by Crippen LogP contribution is -2.32. The first kappa shape index (κ1) is 24.8. The van der Waals surface area contributed by atoms with Crippen LogP contribution in [0.3, 0.4) is 0 Å². The molecular formula is C25H42NO4+. The molecule has 0 bridgehead atoms. The molecule has 1 aromatic rings. The van der Waals surface area contributed by atoms with Crippen molar-refractivity contribution in [3.8, 4) is 0 Å². The minimum absolute atomic E-state index is 0.133. The second-order valence-corrected chi connectivity index (χ2v) is 8.66. The van der Waals surface area contributed by atoms with Crippen molar-refractivity contribution < 1.29 is 23.6 Å². The summed E-state index contributed by atoms with van der Waals surface area (Å²) in [4.78, 5) is 12.0. The lowest BCUT2D eigenvalue weighted by Gasteiger charge is -2.23. The maximum absolute atomic E-state index is 12.0. The molecule has 1 aromatic heterocycles. The van der Waals surface area contributed by atoms with E-state index in [1.54, 1.807) is 0 Å². The van der Waals surface area contributed by atoms with Crippen molar-refractivity contribution in [1.82, 2.24) is 0 Å².